The Kier molecular flexibility index (Phi) is 4.68. The van der Waals surface area contributed by atoms with E-state index in [0.717, 1.165) is 30.6 Å². The van der Waals surface area contributed by atoms with Crippen molar-refractivity contribution in [3.05, 3.63) is 42.4 Å². The van der Waals surface area contributed by atoms with Crippen LogP contribution >= 0.6 is 0 Å². The molecule has 0 aliphatic carbocycles. The van der Waals surface area contributed by atoms with Crippen molar-refractivity contribution in [3.8, 4) is 5.75 Å². The predicted octanol–water partition coefficient (Wildman–Crippen LogP) is 2.38. The SMILES string of the molecule is COc1ccc(C2CCCCN(S(=O)(=O)c3cnc[nH]3)C2)cc1. The molecule has 124 valence electrons. The zero-order valence-corrected chi connectivity index (χ0v) is 13.9. The molecule has 1 aromatic carbocycles. The molecule has 1 aromatic heterocycles. The highest BCUT2D eigenvalue weighted by molar-refractivity contribution is 7.89. The smallest absolute Gasteiger partial charge is 0.260 e. The average molecular weight is 335 g/mol. The first-order valence-electron chi connectivity index (χ1n) is 7.74. The molecule has 23 heavy (non-hydrogen) atoms. The van der Waals surface area contributed by atoms with E-state index >= 15 is 0 Å². The number of methoxy groups -OCH3 is 1. The van der Waals surface area contributed by atoms with Crippen molar-refractivity contribution < 1.29 is 13.2 Å². The van der Waals surface area contributed by atoms with Gasteiger partial charge in [-0.15, -0.1) is 0 Å². The molecule has 1 fully saturated rings. The van der Waals surface area contributed by atoms with E-state index in [1.54, 1.807) is 11.4 Å². The molecule has 1 aliphatic heterocycles. The Balaban J connectivity index is 1.83. The molecule has 0 saturated carbocycles. The van der Waals surface area contributed by atoms with E-state index in [0.29, 0.717) is 13.1 Å². The lowest BCUT2D eigenvalue weighted by molar-refractivity contribution is 0.403. The van der Waals surface area contributed by atoms with Gasteiger partial charge in [-0.1, -0.05) is 18.6 Å². The number of H-pyrrole nitrogens is 1. The van der Waals surface area contributed by atoms with Crippen molar-refractivity contribution in [2.24, 2.45) is 0 Å². The van der Waals surface area contributed by atoms with Crippen LogP contribution in [0.1, 0.15) is 30.7 Å². The molecule has 2 aromatic rings. The van der Waals surface area contributed by atoms with Crippen LogP contribution in [-0.2, 0) is 10.0 Å². The molecule has 0 radical (unpaired) electrons. The highest BCUT2D eigenvalue weighted by Gasteiger charge is 2.30. The van der Waals surface area contributed by atoms with E-state index < -0.39 is 10.0 Å². The maximum Gasteiger partial charge on any atom is 0.260 e. The van der Waals surface area contributed by atoms with Crippen LogP contribution < -0.4 is 4.74 Å². The molecule has 1 N–H and O–H groups in total. The zero-order valence-electron chi connectivity index (χ0n) is 13.1. The summed E-state index contributed by atoms with van der Waals surface area (Å²) in [6.45, 7) is 1.04. The van der Waals surface area contributed by atoms with Gasteiger partial charge < -0.3 is 9.72 Å². The van der Waals surface area contributed by atoms with Gasteiger partial charge in [0.15, 0.2) is 5.03 Å². The third-order valence-corrected chi connectivity index (χ3v) is 6.10. The Morgan fingerprint density at radius 2 is 2.04 bits per heavy atom. The number of aromatic amines is 1. The lowest BCUT2D eigenvalue weighted by atomic mass is 9.94. The van der Waals surface area contributed by atoms with Gasteiger partial charge in [0.2, 0.25) is 0 Å². The molecular formula is C16H21N3O3S. The van der Waals surface area contributed by atoms with Crippen LogP contribution in [0.3, 0.4) is 0 Å². The average Bonchev–Trinajstić information content (AvgIpc) is 3.00. The third-order valence-electron chi connectivity index (χ3n) is 4.31. The molecule has 6 nitrogen and oxygen atoms in total. The van der Waals surface area contributed by atoms with Gasteiger partial charge in [0.05, 0.1) is 19.6 Å². The fourth-order valence-corrected chi connectivity index (χ4v) is 4.42. The van der Waals surface area contributed by atoms with Gasteiger partial charge in [-0.05, 0) is 36.5 Å². The minimum absolute atomic E-state index is 0.160. The first-order chi connectivity index (χ1) is 11.1. The molecule has 1 unspecified atom stereocenters. The summed E-state index contributed by atoms with van der Waals surface area (Å²) in [5.74, 6) is 1.01. The van der Waals surface area contributed by atoms with Crippen molar-refractivity contribution in [1.29, 1.82) is 0 Å². The molecule has 2 heterocycles. The summed E-state index contributed by atoms with van der Waals surface area (Å²) in [7, 11) is -1.87. The fourth-order valence-electron chi connectivity index (χ4n) is 3.00. The van der Waals surface area contributed by atoms with E-state index in [-0.39, 0.29) is 10.9 Å². The summed E-state index contributed by atoms with van der Waals surface area (Å²) in [5.41, 5.74) is 1.15. The molecule has 1 aliphatic rings. The molecule has 1 atom stereocenters. The van der Waals surface area contributed by atoms with Crippen LogP contribution in [0.5, 0.6) is 5.75 Å². The molecule has 0 amide bonds. The van der Waals surface area contributed by atoms with Crippen molar-refractivity contribution in [1.82, 2.24) is 14.3 Å². The van der Waals surface area contributed by atoms with Gasteiger partial charge in [0, 0.05) is 13.1 Å². The summed E-state index contributed by atoms with van der Waals surface area (Å²) in [4.78, 5) is 6.54. The number of nitrogens with one attached hydrogen (secondary N) is 1. The monoisotopic (exact) mass is 335 g/mol. The van der Waals surface area contributed by atoms with Gasteiger partial charge in [0.25, 0.3) is 10.0 Å². The summed E-state index contributed by atoms with van der Waals surface area (Å²) in [6.07, 6.45) is 5.64. The fraction of sp³-hybridized carbons (Fsp3) is 0.438. The van der Waals surface area contributed by atoms with Gasteiger partial charge >= 0.3 is 0 Å². The van der Waals surface area contributed by atoms with Crippen LogP contribution in [0.15, 0.2) is 41.8 Å². The largest absolute Gasteiger partial charge is 0.497 e. The van der Waals surface area contributed by atoms with Crippen LogP contribution in [0.4, 0.5) is 0 Å². The summed E-state index contributed by atoms with van der Waals surface area (Å²) >= 11 is 0. The predicted molar refractivity (Wildman–Crippen MR) is 86.9 cm³/mol. The number of sulfonamides is 1. The van der Waals surface area contributed by atoms with Crippen LogP contribution in [0.2, 0.25) is 0 Å². The number of hydrogen-bond acceptors (Lipinski definition) is 4. The van der Waals surface area contributed by atoms with Crippen LogP contribution in [0, 0.1) is 0 Å². The molecular weight excluding hydrogens is 314 g/mol. The lowest BCUT2D eigenvalue weighted by Gasteiger charge is -2.23. The van der Waals surface area contributed by atoms with Gasteiger partial charge in [-0.3, -0.25) is 0 Å². The first kappa shape index (κ1) is 16.0. The second kappa shape index (κ2) is 6.72. The summed E-state index contributed by atoms with van der Waals surface area (Å²) < 4.78 is 32.2. The number of aromatic nitrogens is 2. The molecule has 7 heteroatoms. The summed E-state index contributed by atoms with van der Waals surface area (Å²) in [5, 5.41) is 0.160. The van der Waals surface area contributed by atoms with E-state index in [9.17, 15) is 8.42 Å². The van der Waals surface area contributed by atoms with Crippen LogP contribution in [0.25, 0.3) is 0 Å². The number of benzene rings is 1. The van der Waals surface area contributed by atoms with E-state index in [2.05, 4.69) is 9.97 Å². The second-order valence-electron chi connectivity index (χ2n) is 5.74. The normalized spacial score (nSPS) is 20.1. The first-order valence-corrected chi connectivity index (χ1v) is 9.18. The number of ether oxygens (including phenoxy) is 1. The Labute approximate surface area is 136 Å². The van der Waals surface area contributed by atoms with Crippen molar-refractivity contribution >= 4 is 10.0 Å². The minimum Gasteiger partial charge on any atom is -0.497 e. The third kappa shape index (κ3) is 3.40. The Morgan fingerprint density at radius 3 is 2.70 bits per heavy atom. The highest BCUT2D eigenvalue weighted by atomic mass is 32.2. The zero-order chi connectivity index (χ0) is 16.3. The second-order valence-corrected chi connectivity index (χ2v) is 7.65. The molecule has 0 spiro atoms. The van der Waals surface area contributed by atoms with Crippen LogP contribution in [-0.4, -0.2) is 42.9 Å². The minimum atomic E-state index is -3.51. The van der Waals surface area contributed by atoms with E-state index in [1.807, 2.05) is 24.3 Å². The molecule has 0 bridgehead atoms. The standard InChI is InChI=1S/C16H21N3O3S/c1-22-15-7-5-13(6-8-15)14-4-2-3-9-19(11-14)23(20,21)16-10-17-12-18-16/h5-8,10,12,14H,2-4,9,11H2,1H3,(H,17,18). The lowest BCUT2D eigenvalue weighted by Crippen LogP contribution is -2.34. The van der Waals surface area contributed by atoms with E-state index in [4.69, 9.17) is 4.74 Å². The summed E-state index contributed by atoms with van der Waals surface area (Å²) in [6, 6.07) is 7.90. The number of imidazole rings is 1. The topological polar surface area (TPSA) is 75.3 Å². The maximum absolute atomic E-state index is 12.7. The molecule has 1 saturated heterocycles. The van der Waals surface area contributed by atoms with Crippen molar-refractivity contribution in [2.45, 2.75) is 30.2 Å². The van der Waals surface area contributed by atoms with E-state index in [1.165, 1.54) is 12.5 Å². The van der Waals surface area contributed by atoms with Gasteiger partial charge in [0.1, 0.15) is 5.75 Å². The van der Waals surface area contributed by atoms with Gasteiger partial charge in [-0.2, -0.15) is 4.31 Å². The Bertz CT molecular complexity index is 726. The number of hydrogen-bond donors (Lipinski definition) is 1. The highest BCUT2D eigenvalue weighted by Crippen LogP contribution is 2.30. The van der Waals surface area contributed by atoms with Crippen molar-refractivity contribution in [2.75, 3.05) is 20.2 Å². The number of nitrogens with zero attached hydrogens (tertiary/aromatic N) is 2. The Hall–Kier alpha value is -1.86. The maximum atomic E-state index is 12.7. The quantitative estimate of drug-likeness (QED) is 0.931. The van der Waals surface area contributed by atoms with Crippen molar-refractivity contribution in [3.63, 3.8) is 0 Å². The Morgan fingerprint density at radius 1 is 1.26 bits per heavy atom. The molecule has 3 rings (SSSR count). The van der Waals surface area contributed by atoms with Gasteiger partial charge in [-0.25, -0.2) is 13.4 Å². The number of rotatable bonds is 4.